The second kappa shape index (κ2) is 8.33. The molecule has 0 atom stereocenters. The summed E-state index contributed by atoms with van der Waals surface area (Å²) >= 11 is 0. The molecule has 5 heteroatoms. The van der Waals surface area contributed by atoms with Gasteiger partial charge in [0.05, 0.1) is 12.7 Å². The molecule has 2 aromatic rings. The molecule has 25 heavy (non-hydrogen) atoms. The minimum atomic E-state index is -0.486. The van der Waals surface area contributed by atoms with Gasteiger partial charge in [0.15, 0.2) is 6.61 Å². The van der Waals surface area contributed by atoms with Gasteiger partial charge in [-0.15, -0.1) is 0 Å². The fraction of sp³-hybridized carbons (Fsp3) is 0.300. The van der Waals surface area contributed by atoms with Crippen LogP contribution in [0.15, 0.2) is 42.5 Å². The average molecular weight is 341 g/mol. The highest BCUT2D eigenvalue weighted by Crippen LogP contribution is 2.19. The number of benzene rings is 2. The van der Waals surface area contributed by atoms with Crippen molar-refractivity contribution in [2.45, 2.75) is 20.4 Å². The Bertz CT molecular complexity index is 770. The summed E-state index contributed by atoms with van der Waals surface area (Å²) < 4.78 is 10.5. The molecule has 0 saturated carbocycles. The highest BCUT2D eigenvalue weighted by Gasteiger charge is 2.16. The molecule has 0 aromatic heterocycles. The molecule has 0 fully saturated rings. The molecule has 5 nitrogen and oxygen atoms in total. The predicted octanol–water partition coefficient (Wildman–Crippen LogP) is 3.13. The molecule has 0 aliphatic heterocycles. The van der Waals surface area contributed by atoms with E-state index in [0.29, 0.717) is 12.1 Å². The molecule has 2 aromatic carbocycles. The van der Waals surface area contributed by atoms with Gasteiger partial charge in [0.2, 0.25) is 0 Å². The van der Waals surface area contributed by atoms with Crippen molar-refractivity contribution in [2.75, 3.05) is 20.8 Å². The number of carbonyl (C=O) groups excluding carboxylic acids is 2. The number of carbonyl (C=O) groups is 2. The number of ether oxygens (including phenoxy) is 2. The second-order valence-electron chi connectivity index (χ2n) is 5.89. The van der Waals surface area contributed by atoms with Gasteiger partial charge in [0, 0.05) is 19.2 Å². The zero-order valence-electron chi connectivity index (χ0n) is 15.0. The smallest absolute Gasteiger partial charge is 0.338 e. The summed E-state index contributed by atoms with van der Waals surface area (Å²) in [6, 6.07) is 12.9. The Morgan fingerprint density at radius 1 is 1.04 bits per heavy atom. The maximum atomic E-state index is 12.2. The number of esters is 1. The number of likely N-dealkylation sites (N-methyl/N-ethyl adjacent to an activating group) is 1. The Balaban J connectivity index is 1.95. The minimum Gasteiger partial charge on any atom is -0.496 e. The van der Waals surface area contributed by atoms with Crippen LogP contribution in [0.5, 0.6) is 5.75 Å². The summed E-state index contributed by atoms with van der Waals surface area (Å²) in [6.07, 6.45) is 0. The Hall–Kier alpha value is -2.82. The number of methoxy groups -OCH3 is 1. The van der Waals surface area contributed by atoms with Crippen LogP contribution in [-0.4, -0.2) is 37.5 Å². The van der Waals surface area contributed by atoms with Crippen molar-refractivity contribution in [1.29, 1.82) is 0 Å². The van der Waals surface area contributed by atoms with E-state index in [9.17, 15) is 9.59 Å². The molecule has 0 N–H and O–H groups in total. The first-order chi connectivity index (χ1) is 11.9. The summed E-state index contributed by atoms with van der Waals surface area (Å²) in [4.78, 5) is 25.9. The standard InChI is InChI=1S/C20H23NO4/c1-14-8-7-10-17(15(14)2)20(23)25-13-19(22)21(3)12-16-9-5-6-11-18(16)24-4/h5-11H,12-13H2,1-4H3. The van der Waals surface area contributed by atoms with Gasteiger partial charge in [-0.2, -0.15) is 0 Å². The first kappa shape index (κ1) is 18.5. The van der Waals surface area contributed by atoms with Gasteiger partial charge < -0.3 is 14.4 Å². The van der Waals surface area contributed by atoms with Gasteiger partial charge in [-0.25, -0.2) is 4.79 Å². The van der Waals surface area contributed by atoms with Crippen LogP contribution in [0, 0.1) is 13.8 Å². The molecule has 0 aliphatic rings. The third-order valence-corrected chi connectivity index (χ3v) is 4.18. The lowest BCUT2D eigenvalue weighted by Gasteiger charge is -2.19. The molecule has 0 unspecified atom stereocenters. The van der Waals surface area contributed by atoms with E-state index >= 15 is 0 Å². The molecule has 0 saturated heterocycles. The highest BCUT2D eigenvalue weighted by molar-refractivity contribution is 5.93. The van der Waals surface area contributed by atoms with E-state index in [-0.39, 0.29) is 12.5 Å². The predicted molar refractivity (Wildman–Crippen MR) is 95.7 cm³/mol. The van der Waals surface area contributed by atoms with E-state index in [4.69, 9.17) is 9.47 Å². The normalized spacial score (nSPS) is 10.2. The van der Waals surface area contributed by atoms with Crippen LogP contribution in [0.25, 0.3) is 0 Å². The first-order valence-corrected chi connectivity index (χ1v) is 8.03. The summed E-state index contributed by atoms with van der Waals surface area (Å²) in [5.74, 6) is -0.0423. The van der Waals surface area contributed by atoms with Crippen LogP contribution < -0.4 is 4.74 Å². The Kier molecular flexibility index (Phi) is 6.17. The third kappa shape index (κ3) is 4.59. The fourth-order valence-corrected chi connectivity index (χ4v) is 2.46. The van der Waals surface area contributed by atoms with Crippen molar-refractivity contribution in [3.05, 3.63) is 64.7 Å². The maximum absolute atomic E-state index is 12.2. The monoisotopic (exact) mass is 341 g/mol. The van der Waals surface area contributed by atoms with Crippen LogP contribution in [0.4, 0.5) is 0 Å². The van der Waals surface area contributed by atoms with E-state index in [1.54, 1.807) is 26.3 Å². The number of hydrogen-bond acceptors (Lipinski definition) is 4. The van der Waals surface area contributed by atoms with Crippen LogP contribution >= 0.6 is 0 Å². The first-order valence-electron chi connectivity index (χ1n) is 8.03. The van der Waals surface area contributed by atoms with Gasteiger partial charge in [-0.1, -0.05) is 30.3 Å². The van der Waals surface area contributed by atoms with Gasteiger partial charge in [-0.05, 0) is 37.1 Å². The summed E-state index contributed by atoms with van der Waals surface area (Å²) in [5, 5.41) is 0. The van der Waals surface area contributed by atoms with Crippen molar-refractivity contribution >= 4 is 11.9 Å². The quantitative estimate of drug-likeness (QED) is 0.758. The van der Waals surface area contributed by atoms with Crippen molar-refractivity contribution in [1.82, 2.24) is 4.90 Å². The zero-order chi connectivity index (χ0) is 18.4. The Labute approximate surface area is 148 Å². The van der Waals surface area contributed by atoms with Gasteiger partial charge in [0.1, 0.15) is 5.75 Å². The molecule has 0 spiro atoms. The fourth-order valence-electron chi connectivity index (χ4n) is 2.46. The largest absolute Gasteiger partial charge is 0.496 e. The molecule has 2 rings (SSSR count). The molecule has 0 radical (unpaired) electrons. The molecule has 0 aliphatic carbocycles. The topological polar surface area (TPSA) is 55.8 Å². The Morgan fingerprint density at radius 3 is 2.48 bits per heavy atom. The number of amides is 1. The minimum absolute atomic E-state index is 0.274. The van der Waals surface area contributed by atoms with Crippen LogP contribution in [0.2, 0.25) is 0 Å². The summed E-state index contributed by atoms with van der Waals surface area (Å²) in [6.45, 7) is 3.88. The van der Waals surface area contributed by atoms with Crippen molar-refractivity contribution < 1.29 is 19.1 Å². The number of para-hydroxylation sites is 1. The van der Waals surface area contributed by atoms with Crippen LogP contribution in [-0.2, 0) is 16.1 Å². The average Bonchev–Trinajstić information content (AvgIpc) is 2.62. The lowest BCUT2D eigenvalue weighted by Crippen LogP contribution is -2.31. The molecular formula is C20H23NO4. The van der Waals surface area contributed by atoms with Gasteiger partial charge >= 0.3 is 5.97 Å². The highest BCUT2D eigenvalue weighted by atomic mass is 16.5. The van der Waals surface area contributed by atoms with E-state index in [1.165, 1.54) is 4.90 Å². The summed E-state index contributed by atoms with van der Waals surface area (Å²) in [7, 11) is 3.26. The molecule has 0 bridgehead atoms. The van der Waals surface area contributed by atoms with E-state index in [0.717, 1.165) is 22.4 Å². The molecule has 0 heterocycles. The summed E-state index contributed by atoms with van der Waals surface area (Å²) in [5.41, 5.74) is 3.25. The number of rotatable bonds is 6. The van der Waals surface area contributed by atoms with Crippen molar-refractivity contribution in [3.8, 4) is 5.75 Å². The molecule has 1 amide bonds. The van der Waals surface area contributed by atoms with E-state index in [1.807, 2.05) is 44.2 Å². The zero-order valence-corrected chi connectivity index (χ0v) is 15.0. The molecular weight excluding hydrogens is 318 g/mol. The maximum Gasteiger partial charge on any atom is 0.338 e. The van der Waals surface area contributed by atoms with Crippen LogP contribution in [0.1, 0.15) is 27.0 Å². The molecule has 132 valence electrons. The Morgan fingerprint density at radius 2 is 1.76 bits per heavy atom. The lowest BCUT2D eigenvalue weighted by atomic mass is 10.0. The lowest BCUT2D eigenvalue weighted by molar-refractivity contribution is -0.133. The van der Waals surface area contributed by atoms with Gasteiger partial charge in [0.25, 0.3) is 5.91 Å². The number of nitrogens with zero attached hydrogens (tertiary/aromatic N) is 1. The van der Waals surface area contributed by atoms with Crippen molar-refractivity contribution in [3.63, 3.8) is 0 Å². The van der Waals surface area contributed by atoms with Gasteiger partial charge in [-0.3, -0.25) is 4.79 Å². The van der Waals surface area contributed by atoms with Crippen molar-refractivity contribution in [2.24, 2.45) is 0 Å². The third-order valence-electron chi connectivity index (χ3n) is 4.18. The second-order valence-corrected chi connectivity index (χ2v) is 5.89. The van der Waals surface area contributed by atoms with E-state index in [2.05, 4.69) is 0 Å². The SMILES string of the molecule is COc1ccccc1CN(C)C(=O)COC(=O)c1cccc(C)c1C. The van der Waals surface area contributed by atoms with E-state index < -0.39 is 5.97 Å². The number of hydrogen-bond donors (Lipinski definition) is 0. The number of aryl methyl sites for hydroxylation is 1. The van der Waals surface area contributed by atoms with Crippen LogP contribution in [0.3, 0.4) is 0 Å².